The van der Waals surface area contributed by atoms with Crippen molar-refractivity contribution in [1.29, 1.82) is 5.26 Å². The summed E-state index contributed by atoms with van der Waals surface area (Å²) < 4.78 is 65.1. The Kier molecular flexibility index (Phi) is 6.55. The highest BCUT2D eigenvalue weighted by Gasteiger charge is 2.54. The second kappa shape index (κ2) is 9.55. The normalized spacial score (nSPS) is 30.8. The number of rotatable bonds is 5. The van der Waals surface area contributed by atoms with Crippen molar-refractivity contribution >= 4 is 5.91 Å². The predicted octanol–water partition coefficient (Wildman–Crippen LogP) is 2.78. The number of hydrogen-bond acceptors (Lipinski definition) is 8. The SMILES string of the molecule is C[C@@H](c1ccc(C(F)(F)F)nc1)N1NC(C#N)C2C(=O)NC([C@H]3CC[C@@H]3c3nccc(C(F)F)n3)NC21. The molecule has 7 atom stereocenters. The van der Waals surface area contributed by atoms with Crippen LogP contribution < -0.4 is 16.1 Å². The van der Waals surface area contributed by atoms with E-state index in [2.05, 4.69) is 37.1 Å². The number of hydrogen-bond donors (Lipinski definition) is 3. The molecule has 4 heterocycles. The third kappa shape index (κ3) is 4.62. The summed E-state index contributed by atoms with van der Waals surface area (Å²) in [6.07, 6.45) is -4.73. The van der Waals surface area contributed by atoms with Gasteiger partial charge >= 0.3 is 6.18 Å². The molecule has 37 heavy (non-hydrogen) atoms. The van der Waals surface area contributed by atoms with Gasteiger partial charge in [-0.05, 0) is 37.5 Å². The molecule has 0 spiro atoms. The van der Waals surface area contributed by atoms with Crippen molar-refractivity contribution in [3.05, 3.63) is 53.4 Å². The van der Waals surface area contributed by atoms with E-state index in [1.54, 1.807) is 11.9 Å². The molecule has 2 saturated heterocycles. The van der Waals surface area contributed by atoms with Crippen molar-refractivity contribution in [3.63, 3.8) is 0 Å². The zero-order valence-corrected chi connectivity index (χ0v) is 19.5. The first-order chi connectivity index (χ1) is 17.6. The summed E-state index contributed by atoms with van der Waals surface area (Å²) in [5.74, 6) is -1.29. The zero-order valence-electron chi connectivity index (χ0n) is 19.5. The number of carbonyl (C=O) groups excluding carboxylic acids is 1. The van der Waals surface area contributed by atoms with Crippen LogP contribution in [-0.2, 0) is 11.0 Å². The minimum atomic E-state index is -4.57. The molecule has 2 aromatic heterocycles. The fraction of sp³-hybridized carbons (Fsp3) is 0.522. The number of halogens is 5. The fourth-order valence-corrected chi connectivity index (χ4v) is 5.24. The summed E-state index contributed by atoms with van der Waals surface area (Å²) in [5.41, 5.74) is 2.08. The van der Waals surface area contributed by atoms with E-state index in [1.807, 2.05) is 0 Å². The molecule has 4 unspecified atom stereocenters. The highest BCUT2D eigenvalue weighted by atomic mass is 19.4. The average Bonchev–Trinajstić information content (AvgIpc) is 3.22. The van der Waals surface area contributed by atoms with Crippen LogP contribution in [0.5, 0.6) is 0 Å². The lowest BCUT2D eigenvalue weighted by Gasteiger charge is -2.47. The van der Waals surface area contributed by atoms with E-state index in [1.165, 1.54) is 12.3 Å². The first-order valence-electron chi connectivity index (χ1n) is 11.7. The van der Waals surface area contributed by atoms with Crippen molar-refractivity contribution in [3.8, 4) is 6.07 Å². The molecule has 14 heteroatoms. The summed E-state index contributed by atoms with van der Waals surface area (Å²) >= 11 is 0. The predicted molar refractivity (Wildman–Crippen MR) is 117 cm³/mol. The maximum atomic E-state index is 13.1. The Morgan fingerprint density at radius 3 is 2.57 bits per heavy atom. The van der Waals surface area contributed by atoms with Crippen molar-refractivity contribution < 1.29 is 26.7 Å². The Balaban J connectivity index is 1.37. The van der Waals surface area contributed by atoms with Crippen LogP contribution in [0.1, 0.15) is 60.9 Å². The van der Waals surface area contributed by atoms with Gasteiger partial charge in [0.05, 0.1) is 24.3 Å². The number of hydrazine groups is 1. The van der Waals surface area contributed by atoms with E-state index >= 15 is 0 Å². The van der Waals surface area contributed by atoms with E-state index in [9.17, 15) is 32.0 Å². The lowest BCUT2D eigenvalue weighted by molar-refractivity contribution is -0.141. The van der Waals surface area contributed by atoms with Crippen molar-refractivity contribution in [2.75, 3.05) is 0 Å². The van der Waals surface area contributed by atoms with Gasteiger partial charge in [0.1, 0.15) is 23.3 Å². The Morgan fingerprint density at radius 1 is 1.19 bits per heavy atom. The van der Waals surface area contributed by atoms with E-state index in [0.29, 0.717) is 18.4 Å². The minimum absolute atomic E-state index is 0.177. The van der Waals surface area contributed by atoms with Gasteiger partial charge in [0.25, 0.3) is 6.43 Å². The molecule has 1 aliphatic carbocycles. The van der Waals surface area contributed by atoms with Crippen molar-refractivity contribution in [2.24, 2.45) is 11.8 Å². The molecule has 9 nitrogen and oxygen atoms in total. The Morgan fingerprint density at radius 2 is 1.97 bits per heavy atom. The number of nitrogens with zero attached hydrogens (tertiary/aromatic N) is 5. The number of alkyl halides is 5. The lowest BCUT2D eigenvalue weighted by atomic mass is 9.70. The minimum Gasteiger partial charge on any atom is -0.340 e. The summed E-state index contributed by atoms with van der Waals surface area (Å²) in [5, 5.41) is 17.6. The van der Waals surface area contributed by atoms with Crippen LogP contribution in [0.4, 0.5) is 22.0 Å². The van der Waals surface area contributed by atoms with Crippen LogP contribution in [0.15, 0.2) is 30.6 Å². The number of nitriles is 1. The van der Waals surface area contributed by atoms with Gasteiger partial charge < -0.3 is 5.32 Å². The first-order valence-corrected chi connectivity index (χ1v) is 11.7. The molecule has 0 radical (unpaired) electrons. The highest BCUT2D eigenvalue weighted by molar-refractivity contribution is 5.82. The maximum Gasteiger partial charge on any atom is 0.433 e. The van der Waals surface area contributed by atoms with Crippen LogP contribution in [0, 0.1) is 23.2 Å². The second-order valence-corrected chi connectivity index (χ2v) is 9.41. The molecule has 0 aromatic carbocycles. The number of aromatic nitrogens is 3. The first kappa shape index (κ1) is 25.4. The number of fused-ring (bicyclic) bond motifs is 1. The molecule has 5 rings (SSSR count). The van der Waals surface area contributed by atoms with Gasteiger partial charge in [-0.25, -0.2) is 29.2 Å². The Labute approximate surface area is 208 Å². The van der Waals surface area contributed by atoms with Crippen LogP contribution in [-0.4, -0.2) is 44.2 Å². The topological polar surface area (TPSA) is 119 Å². The molecule has 3 aliphatic rings. The molecule has 1 amide bonds. The van der Waals surface area contributed by atoms with Crippen LogP contribution >= 0.6 is 0 Å². The fourth-order valence-electron chi connectivity index (χ4n) is 5.24. The van der Waals surface area contributed by atoms with Gasteiger partial charge in [-0.15, -0.1) is 0 Å². The van der Waals surface area contributed by atoms with Crippen LogP contribution in [0.25, 0.3) is 0 Å². The Bertz CT molecular complexity index is 1200. The Hall–Kier alpha value is -3.28. The van der Waals surface area contributed by atoms with Gasteiger partial charge in [0.15, 0.2) is 0 Å². The molecule has 2 aliphatic heterocycles. The third-order valence-electron chi connectivity index (χ3n) is 7.36. The van der Waals surface area contributed by atoms with Crippen molar-refractivity contribution in [1.82, 2.24) is 36.0 Å². The molecule has 3 N–H and O–H groups in total. The van der Waals surface area contributed by atoms with Crippen LogP contribution in [0.3, 0.4) is 0 Å². The van der Waals surface area contributed by atoms with Gasteiger partial charge in [0.2, 0.25) is 5.91 Å². The molecule has 3 fully saturated rings. The molecular formula is C23H23F5N8O. The summed E-state index contributed by atoms with van der Waals surface area (Å²) in [7, 11) is 0. The molecule has 1 saturated carbocycles. The number of amides is 1. The van der Waals surface area contributed by atoms with Gasteiger partial charge in [-0.2, -0.15) is 18.4 Å². The van der Waals surface area contributed by atoms with E-state index in [-0.39, 0.29) is 29.3 Å². The smallest absolute Gasteiger partial charge is 0.340 e. The number of nitrogens with one attached hydrogen (secondary N) is 3. The second-order valence-electron chi connectivity index (χ2n) is 9.41. The van der Waals surface area contributed by atoms with E-state index in [0.717, 1.165) is 18.3 Å². The monoisotopic (exact) mass is 522 g/mol. The summed E-state index contributed by atoms with van der Waals surface area (Å²) in [6, 6.07) is 4.03. The summed E-state index contributed by atoms with van der Waals surface area (Å²) in [4.78, 5) is 24.8. The van der Waals surface area contributed by atoms with Gasteiger partial charge in [-0.1, -0.05) is 6.07 Å². The molecular weight excluding hydrogens is 499 g/mol. The molecule has 196 valence electrons. The lowest BCUT2D eigenvalue weighted by Crippen LogP contribution is -2.68. The number of carbonyl (C=O) groups is 1. The van der Waals surface area contributed by atoms with Crippen LogP contribution in [0.2, 0.25) is 0 Å². The van der Waals surface area contributed by atoms with Crippen molar-refractivity contribution in [2.45, 2.75) is 62.7 Å². The van der Waals surface area contributed by atoms with E-state index < -0.39 is 48.6 Å². The highest BCUT2D eigenvalue weighted by Crippen LogP contribution is 2.44. The van der Waals surface area contributed by atoms with E-state index in [4.69, 9.17) is 0 Å². The summed E-state index contributed by atoms with van der Waals surface area (Å²) in [6.45, 7) is 1.73. The molecule has 2 aromatic rings. The molecule has 0 bridgehead atoms. The third-order valence-corrected chi connectivity index (χ3v) is 7.36. The van der Waals surface area contributed by atoms with Gasteiger partial charge in [-0.3, -0.25) is 15.1 Å². The maximum absolute atomic E-state index is 13.1. The number of pyridine rings is 1. The largest absolute Gasteiger partial charge is 0.433 e. The quantitative estimate of drug-likeness (QED) is 0.513. The zero-order chi connectivity index (χ0) is 26.5. The van der Waals surface area contributed by atoms with Gasteiger partial charge in [0, 0.05) is 30.3 Å². The standard InChI is InChI=1S/C23H23F5N8O/c1-10(11-2-5-16(31-9-11)23(26,27)28)36-21-17(15(8-29)35-36)22(37)34-20(33-21)13-4-3-12(13)19-30-7-6-14(32-19)18(24)25/h2,5-7,9-10,12-13,15,17-18,20-21,33,35H,3-4H2,1H3,(H,34,37)/t10-,12-,13-,15?,17?,20?,21?/m0/s1. The average molecular weight is 522 g/mol.